The monoisotopic (exact) mass is 321 g/mol. The molecular weight excluding hydrogens is 297 g/mol. The number of aryl methyl sites for hydroxylation is 1. The summed E-state index contributed by atoms with van der Waals surface area (Å²) in [5, 5.41) is 17.8. The lowest BCUT2D eigenvalue weighted by atomic mass is 10.1. The second-order valence-electron chi connectivity index (χ2n) is 5.85. The molecule has 1 unspecified atom stereocenters. The molecular formula is C17H24FN3O2. The van der Waals surface area contributed by atoms with E-state index in [1.165, 1.54) is 12.1 Å². The third kappa shape index (κ3) is 4.09. The topological polar surface area (TPSA) is 59.3 Å². The Morgan fingerprint density at radius 2 is 2.13 bits per heavy atom. The fourth-order valence-electron chi connectivity index (χ4n) is 2.62. The number of aromatic nitrogens is 2. The van der Waals surface area contributed by atoms with Crippen LogP contribution in [-0.2, 0) is 13.6 Å². The largest absolute Gasteiger partial charge is 0.481 e. The van der Waals surface area contributed by atoms with E-state index in [1.54, 1.807) is 23.9 Å². The molecule has 2 N–H and O–H groups in total. The molecule has 5 nitrogen and oxygen atoms in total. The van der Waals surface area contributed by atoms with E-state index in [0.29, 0.717) is 24.5 Å². The van der Waals surface area contributed by atoms with Gasteiger partial charge in [0.15, 0.2) is 0 Å². The molecule has 2 aromatic rings. The van der Waals surface area contributed by atoms with Crippen molar-refractivity contribution >= 4 is 0 Å². The minimum absolute atomic E-state index is 0.273. The molecule has 0 spiro atoms. The lowest BCUT2D eigenvalue weighted by Crippen LogP contribution is -2.22. The van der Waals surface area contributed by atoms with Crippen LogP contribution in [-0.4, -0.2) is 28.5 Å². The number of nitrogens with zero attached hydrogens (tertiary/aromatic N) is 2. The summed E-state index contributed by atoms with van der Waals surface area (Å²) in [6.45, 7) is 5.00. The molecule has 2 rings (SSSR count). The quantitative estimate of drug-likeness (QED) is 0.823. The van der Waals surface area contributed by atoms with Crippen LogP contribution in [0, 0.1) is 5.82 Å². The Bertz CT molecular complexity index is 655. The van der Waals surface area contributed by atoms with Crippen molar-refractivity contribution in [1.29, 1.82) is 0 Å². The average molecular weight is 321 g/mol. The van der Waals surface area contributed by atoms with E-state index in [2.05, 4.69) is 24.3 Å². The number of benzene rings is 1. The van der Waals surface area contributed by atoms with E-state index < -0.39 is 6.10 Å². The molecule has 0 amide bonds. The van der Waals surface area contributed by atoms with Gasteiger partial charge in [-0.2, -0.15) is 5.10 Å². The molecule has 6 heteroatoms. The summed E-state index contributed by atoms with van der Waals surface area (Å²) in [6.07, 6.45) is -0.768. The fraction of sp³-hybridized carbons (Fsp3) is 0.471. The van der Waals surface area contributed by atoms with Crippen molar-refractivity contribution in [2.75, 3.05) is 13.7 Å². The zero-order valence-corrected chi connectivity index (χ0v) is 14.0. The summed E-state index contributed by atoms with van der Waals surface area (Å²) in [4.78, 5) is 0. The number of hydrogen-bond donors (Lipinski definition) is 2. The SMILES string of the molecule is COc1c(CNCC(O)c2cccc(F)c2)c(C(C)C)nn1C. The standard InChI is InChI=1S/C17H24FN3O2/c1-11(2)16-14(17(23-4)21(3)20-16)9-19-10-15(22)12-6-5-7-13(18)8-12/h5-8,11,15,19,22H,9-10H2,1-4H3. The van der Waals surface area contributed by atoms with Crippen molar-refractivity contribution in [2.45, 2.75) is 32.4 Å². The van der Waals surface area contributed by atoms with Crippen LogP contribution in [0.15, 0.2) is 24.3 Å². The molecule has 126 valence electrons. The molecule has 0 aliphatic carbocycles. The lowest BCUT2D eigenvalue weighted by Gasteiger charge is -2.13. The van der Waals surface area contributed by atoms with Gasteiger partial charge in [0.05, 0.1) is 24.5 Å². The van der Waals surface area contributed by atoms with Crippen LogP contribution in [0.4, 0.5) is 4.39 Å². The zero-order valence-electron chi connectivity index (χ0n) is 14.0. The minimum Gasteiger partial charge on any atom is -0.481 e. The molecule has 1 aromatic heterocycles. The van der Waals surface area contributed by atoms with Gasteiger partial charge in [0, 0.05) is 20.1 Å². The number of rotatable bonds is 7. The van der Waals surface area contributed by atoms with Crippen molar-refractivity contribution in [2.24, 2.45) is 7.05 Å². The van der Waals surface area contributed by atoms with Crippen LogP contribution in [0.25, 0.3) is 0 Å². The third-order valence-electron chi connectivity index (χ3n) is 3.73. The number of halogens is 1. The number of aliphatic hydroxyl groups excluding tert-OH is 1. The van der Waals surface area contributed by atoms with E-state index in [4.69, 9.17) is 4.74 Å². The summed E-state index contributed by atoms with van der Waals surface area (Å²) in [5.41, 5.74) is 2.51. The van der Waals surface area contributed by atoms with E-state index in [1.807, 2.05) is 7.05 Å². The van der Waals surface area contributed by atoms with Crippen molar-refractivity contribution in [3.05, 3.63) is 46.9 Å². The van der Waals surface area contributed by atoms with E-state index >= 15 is 0 Å². The summed E-state index contributed by atoms with van der Waals surface area (Å²) in [7, 11) is 3.46. The normalized spacial score (nSPS) is 12.7. The van der Waals surface area contributed by atoms with Crippen LogP contribution < -0.4 is 10.1 Å². The first-order valence-corrected chi connectivity index (χ1v) is 7.68. The zero-order chi connectivity index (χ0) is 17.0. The van der Waals surface area contributed by atoms with Gasteiger partial charge >= 0.3 is 0 Å². The first kappa shape index (κ1) is 17.4. The predicted octanol–water partition coefficient (Wildman–Crippen LogP) is 2.51. The first-order valence-electron chi connectivity index (χ1n) is 7.68. The molecule has 0 fully saturated rings. The van der Waals surface area contributed by atoms with Crippen LogP contribution in [0.2, 0.25) is 0 Å². The molecule has 23 heavy (non-hydrogen) atoms. The summed E-state index contributed by atoms with van der Waals surface area (Å²) in [5.74, 6) is 0.633. The highest BCUT2D eigenvalue weighted by Gasteiger charge is 2.19. The van der Waals surface area contributed by atoms with Crippen molar-refractivity contribution in [3.63, 3.8) is 0 Å². The van der Waals surface area contributed by atoms with Crippen LogP contribution in [0.3, 0.4) is 0 Å². The molecule has 1 heterocycles. The number of nitrogens with one attached hydrogen (secondary N) is 1. The molecule has 1 atom stereocenters. The summed E-state index contributed by atoms with van der Waals surface area (Å²) < 4.78 is 20.3. The Morgan fingerprint density at radius 1 is 1.39 bits per heavy atom. The second-order valence-corrected chi connectivity index (χ2v) is 5.85. The Labute approximate surface area is 136 Å². The van der Waals surface area contributed by atoms with Crippen molar-refractivity contribution < 1.29 is 14.2 Å². The van der Waals surface area contributed by atoms with Crippen LogP contribution in [0.1, 0.15) is 42.7 Å². The summed E-state index contributed by atoms with van der Waals surface area (Å²) in [6, 6.07) is 6.00. The number of methoxy groups -OCH3 is 1. The Kier molecular flexibility index (Phi) is 5.74. The smallest absolute Gasteiger partial charge is 0.216 e. The molecule has 1 aromatic carbocycles. The number of ether oxygens (including phenoxy) is 1. The van der Waals surface area contributed by atoms with E-state index in [0.717, 1.165) is 11.3 Å². The Morgan fingerprint density at radius 3 is 2.74 bits per heavy atom. The minimum atomic E-state index is -0.768. The maximum atomic E-state index is 13.2. The molecule has 0 radical (unpaired) electrons. The van der Waals surface area contributed by atoms with Gasteiger partial charge in [0.25, 0.3) is 0 Å². The van der Waals surface area contributed by atoms with Gasteiger partial charge in [-0.1, -0.05) is 26.0 Å². The van der Waals surface area contributed by atoms with Gasteiger partial charge < -0.3 is 15.2 Å². The summed E-state index contributed by atoms with van der Waals surface area (Å²) >= 11 is 0. The maximum absolute atomic E-state index is 13.2. The van der Waals surface area contributed by atoms with E-state index in [-0.39, 0.29) is 11.7 Å². The average Bonchev–Trinajstić information content (AvgIpc) is 2.83. The predicted molar refractivity (Wildman–Crippen MR) is 86.9 cm³/mol. The molecule has 0 saturated heterocycles. The van der Waals surface area contributed by atoms with Crippen LogP contribution >= 0.6 is 0 Å². The van der Waals surface area contributed by atoms with Gasteiger partial charge in [-0.05, 0) is 23.6 Å². The van der Waals surface area contributed by atoms with Crippen molar-refractivity contribution in [1.82, 2.24) is 15.1 Å². The van der Waals surface area contributed by atoms with Gasteiger partial charge in [-0.15, -0.1) is 0 Å². The lowest BCUT2D eigenvalue weighted by molar-refractivity contribution is 0.173. The highest BCUT2D eigenvalue weighted by Crippen LogP contribution is 2.27. The van der Waals surface area contributed by atoms with Gasteiger partial charge in [0.2, 0.25) is 5.88 Å². The Hall–Kier alpha value is -1.92. The van der Waals surface area contributed by atoms with Crippen LogP contribution in [0.5, 0.6) is 5.88 Å². The first-order chi connectivity index (χ1) is 10.9. The third-order valence-corrected chi connectivity index (χ3v) is 3.73. The molecule has 0 aliphatic heterocycles. The molecule has 0 saturated carbocycles. The molecule has 0 bridgehead atoms. The molecule has 0 aliphatic rings. The van der Waals surface area contributed by atoms with Gasteiger partial charge in [-0.25, -0.2) is 9.07 Å². The highest BCUT2D eigenvalue weighted by molar-refractivity contribution is 5.33. The maximum Gasteiger partial charge on any atom is 0.216 e. The Balaban J connectivity index is 2.03. The fourth-order valence-corrected chi connectivity index (χ4v) is 2.62. The number of hydrogen-bond acceptors (Lipinski definition) is 4. The van der Waals surface area contributed by atoms with Gasteiger partial charge in [-0.3, -0.25) is 0 Å². The van der Waals surface area contributed by atoms with E-state index in [9.17, 15) is 9.50 Å². The van der Waals surface area contributed by atoms with Gasteiger partial charge in [0.1, 0.15) is 5.82 Å². The second kappa shape index (κ2) is 7.57. The highest BCUT2D eigenvalue weighted by atomic mass is 19.1. The number of aliphatic hydroxyl groups is 1. The van der Waals surface area contributed by atoms with Crippen molar-refractivity contribution in [3.8, 4) is 5.88 Å².